The number of benzene rings is 1. The predicted molar refractivity (Wildman–Crippen MR) is 103 cm³/mol. The largest absolute Gasteiger partial charge is 0.382 e. The Morgan fingerprint density at radius 2 is 2.08 bits per heavy atom. The maximum absolute atomic E-state index is 6.11. The van der Waals surface area contributed by atoms with E-state index in [2.05, 4.69) is 36.7 Å². The third kappa shape index (κ3) is 4.46. The predicted octanol–water partition coefficient (Wildman–Crippen LogP) is 4.16. The lowest BCUT2D eigenvalue weighted by Crippen LogP contribution is -2.32. The van der Waals surface area contributed by atoms with Crippen LogP contribution in [0.15, 0.2) is 30.5 Å². The number of rotatable bonds is 5. The van der Waals surface area contributed by atoms with Gasteiger partial charge in [0.05, 0.1) is 6.61 Å². The van der Waals surface area contributed by atoms with Crippen LogP contribution in [0.5, 0.6) is 0 Å². The SMILES string of the molecule is CC.CNO[C@@H]1C[C@H](n2ccc3cc(C)ccc3c2=S)OC1COC. The van der Waals surface area contributed by atoms with Crippen molar-refractivity contribution in [3.05, 3.63) is 40.7 Å². The van der Waals surface area contributed by atoms with E-state index in [1.807, 2.05) is 24.6 Å². The van der Waals surface area contributed by atoms with Crippen molar-refractivity contribution in [3.8, 4) is 0 Å². The summed E-state index contributed by atoms with van der Waals surface area (Å²) < 4.78 is 14.1. The van der Waals surface area contributed by atoms with Crippen LogP contribution in [0.2, 0.25) is 0 Å². The van der Waals surface area contributed by atoms with Gasteiger partial charge in [-0.25, -0.2) is 5.48 Å². The highest BCUT2D eigenvalue weighted by Crippen LogP contribution is 2.32. The Morgan fingerprint density at radius 3 is 2.76 bits per heavy atom. The molecule has 5 nitrogen and oxygen atoms in total. The van der Waals surface area contributed by atoms with Crippen molar-refractivity contribution < 1.29 is 14.3 Å². The summed E-state index contributed by atoms with van der Waals surface area (Å²) >= 11 is 5.68. The molecule has 0 spiro atoms. The van der Waals surface area contributed by atoms with Crippen molar-refractivity contribution in [1.82, 2.24) is 10.0 Å². The van der Waals surface area contributed by atoms with Crippen LogP contribution in [-0.2, 0) is 14.3 Å². The van der Waals surface area contributed by atoms with Crippen molar-refractivity contribution in [2.24, 2.45) is 0 Å². The Balaban J connectivity index is 0.00000109. The highest BCUT2D eigenvalue weighted by atomic mass is 32.1. The third-order valence-electron chi connectivity index (χ3n) is 4.18. The van der Waals surface area contributed by atoms with Crippen LogP contribution in [-0.4, -0.2) is 37.5 Å². The van der Waals surface area contributed by atoms with Gasteiger partial charge in [-0.3, -0.25) is 4.84 Å². The van der Waals surface area contributed by atoms with Gasteiger partial charge in [0.15, 0.2) is 0 Å². The number of aromatic nitrogens is 1. The molecule has 1 aromatic heterocycles. The number of nitrogens with one attached hydrogen (secondary N) is 1. The monoisotopic (exact) mass is 364 g/mol. The zero-order valence-electron chi connectivity index (χ0n) is 15.6. The summed E-state index contributed by atoms with van der Waals surface area (Å²) in [7, 11) is 3.42. The first-order valence-corrected chi connectivity index (χ1v) is 9.13. The standard InChI is InChI=1S/C17H22N2O3S.C2H6/c1-11-4-5-13-12(8-11)6-7-19(17(13)23)16-9-14(22-18-2)15(21-16)10-20-3;1-2/h4-8,14-16,18H,9-10H2,1-3H3;1-2H3/t14-,15?,16-;/m1./s1. The summed E-state index contributed by atoms with van der Waals surface area (Å²) in [5, 5.41) is 2.22. The van der Waals surface area contributed by atoms with Gasteiger partial charge in [0.2, 0.25) is 0 Å². The molecule has 0 saturated carbocycles. The third-order valence-corrected chi connectivity index (χ3v) is 4.61. The molecule has 138 valence electrons. The van der Waals surface area contributed by atoms with Crippen LogP contribution in [0.1, 0.15) is 32.1 Å². The second-order valence-electron chi connectivity index (χ2n) is 5.80. The van der Waals surface area contributed by atoms with Gasteiger partial charge in [-0.15, -0.1) is 0 Å². The summed E-state index contributed by atoms with van der Waals surface area (Å²) in [5.41, 5.74) is 3.98. The average molecular weight is 365 g/mol. The molecular weight excluding hydrogens is 336 g/mol. The molecule has 1 unspecified atom stereocenters. The highest BCUT2D eigenvalue weighted by Gasteiger charge is 2.37. The first kappa shape index (κ1) is 20.0. The maximum Gasteiger partial charge on any atom is 0.137 e. The minimum Gasteiger partial charge on any atom is -0.382 e. The summed E-state index contributed by atoms with van der Waals surface area (Å²) in [4.78, 5) is 5.56. The number of aryl methyl sites for hydroxylation is 1. The number of hydrogen-bond acceptors (Lipinski definition) is 5. The van der Waals surface area contributed by atoms with Gasteiger partial charge >= 0.3 is 0 Å². The average Bonchev–Trinajstić information content (AvgIpc) is 3.00. The topological polar surface area (TPSA) is 44.7 Å². The summed E-state index contributed by atoms with van der Waals surface area (Å²) in [6.07, 6.45) is 2.39. The smallest absolute Gasteiger partial charge is 0.137 e. The summed E-state index contributed by atoms with van der Waals surface area (Å²) in [6, 6.07) is 8.38. The Morgan fingerprint density at radius 1 is 1.32 bits per heavy atom. The van der Waals surface area contributed by atoms with Gasteiger partial charge in [-0.05, 0) is 18.4 Å². The Bertz CT molecular complexity index is 733. The fourth-order valence-corrected chi connectivity index (χ4v) is 3.43. The van der Waals surface area contributed by atoms with Crippen molar-refractivity contribution >= 4 is 23.0 Å². The van der Waals surface area contributed by atoms with Crippen LogP contribution in [0, 0.1) is 11.6 Å². The van der Waals surface area contributed by atoms with Crippen LogP contribution < -0.4 is 5.48 Å². The molecule has 25 heavy (non-hydrogen) atoms. The molecule has 3 atom stereocenters. The molecular formula is C19H28N2O3S. The number of ether oxygens (including phenoxy) is 2. The molecule has 2 heterocycles. The normalized spacial score (nSPS) is 22.7. The lowest BCUT2D eigenvalue weighted by atomic mass is 10.1. The Labute approximate surface area is 154 Å². The van der Waals surface area contributed by atoms with E-state index in [9.17, 15) is 0 Å². The van der Waals surface area contributed by atoms with E-state index in [4.69, 9.17) is 26.5 Å². The molecule has 1 aliphatic rings. The quantitative estimate of drug-likeness (QED) is 0.637. The molecule has 0 radical (unpaired) electrons. The molecule has 1 saturated heterocycles. The highest BCUT2D eigenvalue weighted by molar-refractivity contribution is 7.71. The van der Waals surface area contributed by atoms with Gasteiger partial charge in [-0.1, -0.05) is 49.8 Å². The van der Waals surface area contributed by atoms with E-state index in [0.29, 0.717) is 6.61 Å². The minimum absolute atomic E-state index is 0.0689. The van der Waals surface area contributed by atoms with E-state index in [1.54, 1.807) is 14.2 Å². The van der Waals surface area contributed by atoms with Crippen LogP contribution in [0.25, 0.3) is 10.8 Å². The molecule has 1 fully saturated rings. The van der Waals surface area contributed by atoms with E-state index in [0.717, 1.165) is 21.8 Å². The van der Waals surface area contributed by atoms with Crippen LogP contribution in [0.4, 0.5) is 0 Å². The number of hydrogen-bond donors (Lipinski definition) is 1. The van der Waals surface area contributed by atoms with Crippen LogP contribution in [0.3, 0.4) is 0 Å². The first-order chi connectivity index (χ1) is 12.1. The Kier molecular flexibility index (Phi) is 7.53. The minimum atomic E-state index is -0.147. The van der Waals surface area contributed by atoms with Gasteiger partial charge in [0.25, 0.3) is 0 Å². The summed E-state index contributed by atoms with van der Waals surface area (Å²) in [6.45, 7) is 6.57. The van der Waals surface area contributed by atoms with Gasteiger partial charge < -0.3 is 14.0 Å². The molecule has 3 rings (SSSR count). The zero-order valence-corrected chi connectivity index (χ0v) is 16.4. The van der Waals surface area contributed by atoms with Crippen molar-refractivity contribution in [1.29, 1.82) is 0 Å². The Hall–Kier alpha value is -1.31. The molecule has 0 aliphatic carbocycles. The van der Waals surface area contributed by atoms with E-state index >= 15 is 0 Å². The van der Waals surface area contributed by atoms with Crippen molar-refractivity contribution in [2.75, 3.05) is 20.8 Å². The van der Waals surface area contributed by atoms with Gasteiger partial charge in [0, 0.05) is 32.2 Å². The van der Waals surface area contributed by atoms with Gasteiger partial charge in [-0.2, -0.15) is 0 Å². The molecule has 0 bridgehead atoms. The maximum atomic E-state index is 6.11. The molecule has 1 aromatic carbocycles. The summed E-state index contributed by atoms with van der Waals surface area (Å²) in [5.74, 6) is 0. The number of methoxy groups -OCH3 is 1. The second-order valence-corrected chi connectivity index (χ2v) is 6.19. The molecule has 2 aromatic rings. The van der Waals surface area contributed by atoms with Gasteiger partial charge in [0.1, 0.15) is 23.1 Å². The molecule has 1 aliphatic heterocycles. The second kappa shape index (κ2) is 9.40. The molecule has 1 N–H and O–H groups in total. The van der Waals surface area contributed by atoms with E-state index < -0.39 is 0 Å². The number of hydroxylamine groups is 1. The number of fused-ring (bicyclic) bond motifs is 1. The van der Waals surface area contributed by atoms with E-state index in [1.165, 1.54) is 5.56 Å². The number of nitrogens with zero attached hydrogens (tertiary/aromatic N) is 1. The zero-order chi connectivity index (χ0) is 18.4. The fraction of sp³-hybridized carbons (Fsp3) is 0.526. The molecule has 6 heteroatoms. The lowest BCUT2D eigenvalue weighted by molar-refractivity contribution is -0.0888. The van der Waals surface area contributed by atoms with Crippen molar-refractivity contribution in [3.63, 3.8) is 0 Å². The molecule has 0 amide bonds. The lowest BCUT2D eigenvalue weighted by Gasteiger charge is -2.18. The van der Waals surface area contributed by atoms with Crippen molar-refractivity contribution in [2.45, 2.75) is 45.6 Å². The van der Waals surface area contributed by atoms with Crippen LogP contribution >= 0.6 is 12.2 Å². The first-order valence-electron chi connectivity index (χ1n) is 8.72. The number of pyridine rings is 1. The fourth-order valence-electron chi connectivity index (χ4n) is 3.07. The van der Waals surface area contributed by atoms with E-state index in [-0.39, 0.29) is 18.4 Å².